The minimum atomic E-state index is -0.246. The van der Waals surface area contributed by atoms with Gasteiger partial charge in [0, 0.05) is 24.8 Å². The van der Waals surface area contributed by atoms with Gasteiger partial charge in [-0.15, -0.1) is 24.8 Å². The summed E-state index contributed by atoms with van der Waals surface area (Å²) < 4.78 is 5.50. The first-order chi connectivity index (χ1) is 11.4. The number of ether oxygens (including phenoxy) is 1. The average Bonchev–Trinajstić information content (AvgIpc) is 2.53. The molecule has 1 amide bonds. The van der Waals surface area contributed by atoms with Crippen LogP contribution in [-0.4, -0.2) is 23.0 Å². The Bertz CT molecular complexity index is 644. The summed E-state index contributed by atoms with van der Waals surface area (Å²) in [6, 6.07) is 13.6. The molecule has 1 heterocycles. The van der Waals surface area contributed by atoms with Gasteiger partial charge >= 0.3 is 0 Å². The van der Waals surface area contributed by atoms with E-state index in [4.69, 9.17) is 4.74 Å². The number of aromatic nitrogens is 1. The van der Waals surface area contributed by atoms with Crippen LogP contribution in [0, 0.1) is 0 Å². The maximum Gasteiger partial charge on any atom is 0.258 e. The fourth-order valence-electron chi connectivity index (χ4n) is 2.14. The van der Waals surface area contributed by atoms with Crippen LogP contribution in [0.2, 0.25) is 0 Å². The SMILES string of the molecule is CC(C)(C)NC(=O)COc1ccc(CNCc2ccccn2)cc1.Cl.Cl. The van der Waals surface area contributed by atoms with E-state index in [0.717, 1.165) is 24.3 Å². The second-order valence-corrected chi connectivity index (χ2v) is 6.66. The van der Waals surface area contributed by atoms with Gasteiger partial charge in [0.25, 0.3) is 5.91 Å². The molecule has 0 aliphatic carbocycles. The number of halogens is 2. The van der Waals surface area contributed by atoms with Crippen molar-refractivity contribution in [3.63, 3.8) is 0 Å². The second kappa shape index (κ2) is 11.7. The van der Waals surface area contributed by atoms with E-state index in [1.54, 1.807) is 6.20 Å². The third-order valence-corrected chi connectivity index (χ3v) is 3.17. The number of pyridine rings is 1. The van der Waals surface area contributed by atoms with E-state index in [0.29, 0.717) is 5.75 Å². The molecule has 0 atom stereocenters. The molecular formula is C19H27Cl2N3O2. The Balaban J connectivity index is 0.00000312. The summed E-state index contributed by atoms with van der Waals surface area (Å²) in [5, 5.41) is 6.21. The summed E-state index contributed by atoms with van der Waals surface area (Å²) in [5.41, 5.74) is 1.92. The monoisotopic (exact) mass is 399 g/mol. The lowest BCUT2D eigenvalue weighted by atomic mass is 10.1. The Morgan fingerprint density at radius 2 is 1.73 bits per heavy atom. The van der Waals surface area contributed by atoms with E-state index in [-0.39, 0.29) is 42.9 Å². The molecule has 2 aromatic rings. The number of hydrogen-bond acceptors (Lipinski definition) is 4. The number of amides is 1. The van der Waals surface area contributed by atoms with Gasteiger partial charge in [0.1, 0.15) is 5.75 Å². The molecule has 5 nitrogen and oxygen atoms in total. The minimum Gasteiger partial charge on any atom is -0.484 e. The third kappa shape index (κ3) is 9.61. The van der Waals surface area contributed by atoms with Crippen LogP contribution in [0.4, 0.5) is 0 Å². The maximum absolute atomic E-state index is 11.7. The molecule has 0 aliphatic heterocycles. The number of nitrogens with zero attached hydrogens (tertiary/aromatic N) is 1. The highest BCUT2D eigenvalue weighted by atomic mass is 35.5. The molecule has 26 heavy (non-hydrogen) atoms. The second-order valence-electron chi connectivity index (χ2n) is 6.66. The number of rotatable bonds is 7. The van der Waals surface area contributed by atoms with Gasteiger partial charge in [0.2, 0.25) is 0 Å². The van der Waals surface area contributed by atoms with Crippen molar-refractivity contribution in [1.82, 2.24) is 15.6 Å². The third-order valence-electron chi connectivity index (χ3n) is 3.17. The Labute approximate surface area is 167 Å². The highest BCUT2D eigenvalue weighted by Crippen LogP contribution is 2.12. The first-order valence-electron chi connectivity index (χ1n) is 8.06. The van der Waals surface area contributed by atoms with Crippen LogP contribution in [0.1, 0.15) is 32.0 Å². The highest BCUT2D eigenvalue weighted by Gasteiger charge is 2.13. The normalized spacial score (nSPS) is 10.3. The molecule has 1 aromatic carbocycles. The van der Waals surface area contributed by atoms with Crippen molar-refractivity contribution >= 4 is 30.7 Å². The van der Waals surface area contributed by atoms with Crippen LogP contribution < -0.4 is 15.4 Å². The van der Waals surface area contributed by atoms with E-state index in [1.807, 2.05) is 63.2 Å². The quantitative estimate of drug-likeness (QED) is 0.747. The van der Waals surface area contributed by atoms with Gasteiger partial charge in [-0.2, -0.15) is 0 Å². The zero-order valence-electron chi connectivity index (χ0n) is 15.3. The van der Waals surface area contributed by atoms with Crippen LogP contribution >= 0.6 is 24.8 Å². The molecule has 144 valence electrons. The standard InChI is InChI=1S/C19H25N3O2.2ClH/c1-19(2,3)22-18(23)14-24-17-9-7-15(8-10-17)12-20-13-16-6-4-5-11-21-16;;/h4-11,20H,12-14H2,1-3H3,(H,22,23);2*1H. The van der Waals surface area contributed by atoms with Crippen molar-refractivity contribution in [2.75, 3.05) is 6.61 Å². The van der Waals surface area contributed by atoms with Gasteiger partial charge < -0.3 is 15.4 Å². The van der Waals surface area contributed by atoms with E-state index in [2.05, 4.69) is 15.6 Å². The maximum atomic E-state index is 11.7. The van der Waals surface area contributed by atoms with E-state index < -0.39 is 0 Å². The number of carbonyl (C=O) groups is 1. The minimum absolute atomic E-state index is 0. The van der Waals surface area contributed by atoms with E-state index >= 15 is 0 Å². The number of hydrogen-bond donors (Lipinski definition) is 2. The van der Waals surface area contributed by atoms with Gasteiger partial charge in [-0.05, 0) is 50.6 Å². The van der Waals surface area contributed by atoms with Crippen molar-refractivity contribution in [3.8, 4) is 5.75 Å². The molecule has 2 N–H and O–H groups in total. The first kappa shape index (κ1) is 24.2. The molecule has 7 heteroatoms. The summed E-state index contributed by atoms with van der Waals surface area (Å²) in [6.07, 6.45) is 1.79. The summed E-state index contributed by atoms with van der Waals surface area (Å²) in [4.78, 5) is 16.0. The summed E-state index contributed by atoms with van der Waals surface area (Å²) in [7, 11) is 0. The fourth-order valence-corrected chi connectivity index (χ4v) is 2.14. The molecule has 1 aromatic heterocycles. The molecule has 0 saturated carbocycles. The smallest absolute Gasteiger partial charge is 0.258 e. The number of benzene rings is 1. The molecule has 0 aliphatic rings. The summed E-state index contributed by atoms with van der Waals surface area (Å²) >= 11 is 0. The van der Waals surface area contributed by atoms with Gasteiger partial charge in [-0.25, -0.2) is 0 Å². The fraction of sp³-hybridized carbons (Fsp3) is 0.368. The van der Waals surface area contributed by atoms with Crippen molar-refractivity contribution in [2.24, 2.45) is 0 Å². The Morgan fingerprint density at radius 3 is 2.31 bits per heavy atom. The largest absolute Gasteiger partial charge is 0.484 e. The van der Waals surface area contributed by atoms with Crippen molar-refractivity contribution < 1.29 is 9.53 Å². The summed E-state index contributed by atoms with van der Waals surface area (Å²) in [5.74, 6) is 0.566. The van der Waals surface area contributed by atoms with Crippen LogP contribution in [0.25, 0.3) is 0 Å². The predicted octanol–water partition coefficient (Wildman–Crippen LogP) is 3.51. The average molecular weight is 400 g/mol. The van der Waals surface area contributed by atoms with Gasteiger partial charge in [0.15, 0.2) is 6.61 Å². The molecule has 0 saturated heterocycles. The molecule has 0 spiro atoms. The number of carbonyl (C=O) groups excluding carboxylic acids is 1. The number of nitrogens with one attached hydrogen (secondary N) is 2. The van der Waals surface area contributed by atoms with E-state index in [1.165, 1.54) is 0 Å². The lowest BCUT2D eigenvalue weighted by Gasteiger charge is -2.20. The molecular weight excluding hydrogens is 373 g/mol. The zero-order valence-corrected chi connectivity index (χ0v) is 17.0. The van der Waals surface area contributed by atoms with Crippen LogP contribution in [0.15, 0.2) is 48.7 Å². The van der Waals surface area contributed by atoms with Crippen LogP contribution in [0.3, 0.4) is 0 Å². The van der Waals surface area contributed by atoms with Crippen molar-refractivity contribution in [1.29, 1.82) is 0 Å². The van der Waals surface area contributed by atoms with Crippen LogP contribution in [0.5, 0.6) is 5.75 Å². The van der Waals surface area contributed by atoms with Crippen molar-refractivity contribution in [3.05, 3.63) is 59.9 Å². The molecule has 2 rings (SSSR count). The Morgan fingerprint density at radius 1 is 1.04 bits per heavy atom. The lowest BCUT2D eigenvalue weighted by Crippen LogP contribution is -2.43. The summed E-state index contributed by atoms with van der Waals surface area (Å²) in [6.45, 7) is 7.33. The van der Waals surface area contributed by atoms with Gasteiger partial charge in [0.05, 0.1) is 5.69 Å². The van der Waals surface area contributed by atoms with Crippen molar-refractivity contribution in [2.45, 2.75) is 39.4 Å². The van der Waals surface area contributed by atoms with Gasteiger partial charge in [-0.1, -0.05) is 18.2 Å². The molecule has 0 fully saturated rings. The lowest BCUT2D eigenvalue weighted by molar-refractivity contribution is -0.124. The molecule has 0 unspecified atom stereocenters. The predicted molar refractivity (Wildman–Crippen MR) is 109 cm³/mol. The molecule has 0 bridgehead atoms. The van der Waals surface area contributed by atoms with Gasteiger partial charge in [-0.3, -0.25) is 9.78 Å². The van der Waals surface area contributed by atoms with Crippen LogP contribution in [-0.2, 0) is 17.9 Å². The molecule has 0 radical (unpaired) electrons. The topological polar surface area (TPSA) is 63.2 Å². The zero-order chi connectivity index (χ0) is 17.4. The first-order valence-corrected chi connectivity index (χ1v) is 8.06. The Hall–Kier alpha value is -1.82. The Kier molecular flexibility index (Phi) is 10.9. The van der Waals surface area contributed by atoms with E-state index in [9.17, 15) is 4.79 Å². The highest BCUT2D eigenvalue weighted by molar-refractivity contribution is 5.85.